The molecule has 10 rings (SSSR count). The number of nitrogens with zero attached hydrogens (tertiary/aromatic N) is 5. The molecule has 0 saturated carbocycles. The molecule has 44 nitrogen and oxygen atoms in total. The topological polar surface area (TPSA) is 664 Å². The van der Waals surface area contributed by atoms with Crippen LogP contribution in [0.2, 0.25) is 0 Å². The van der Waals surface area contributed by atoms with Gasteiger partial charge in [-0.15, -0.1) is 65.9 Å². The fourth-order valence-corrected chi connectivity index (χ4v) is 19.2. The third kappa shape index (κ3) is 31.5. The van der Waals surface area contributed by atoms with Gasteiger partial charge in [0.1, 0.15) is 84.8 Å². The summed E-state index contributed by atoms with van der Waals surface area (Å²) in [5.74, 6) is -4.75. The highest BCUT2D eigenvalue weighted by Gasteiger charge is 2.50. The van der Waals surface area contributed by atoms with E-state index in [-0.39, 0.29) is 46.7 Å². The van der Waals surface area contributed by atoms with Crippen molar-refractivity contribution in [1.82, 2.24) is 47.8 Å². The van der Waals surface area contributed by atoms with Gasteiger partial charge in [0.15, 0.2) is 54.6 Å². The smallest absolute Gasteiger partial charge is 0.374 e. The summed E-state index contributed by atoms with van der Waals surface area (Å²) in [6, 6.07) is 0. The Kier molecular flexibility index (Phi) is 40.6. The van der Waals surface area contributed by atoms with E-state index in [2.05, 4.69) is 72.9 Å². The number of halogens is 2. The molecule has 0 aromatic carbocycles. The second-order valence-electron chi connectivity index (χ2n) is 37.1. The Morgan fingerprint density at radius 1 is 0.366 bits per heavy atom. The number of esters is 1. The van der Waals surface area contributed by atoms with E-state index in [9.17, 15) is 142 Å². The summed E-state index contributed by atoms with van der Waals surface area (Å²) in [4.78, 5) is 199. The number of carbonyl (C=O) groups is 6. The number of Topliss-reactive ketones (excluding diaryl/α,β-unsaturated/α-hetero) is 5. The molecule has 10 heterocycles. The second kappa shape index (κ2) is 47.5. The number of hydrogen-bond donors (Lipinski definition) is 16. The number of hydrogen-bond acceptors (Lipinski definition) is 34. The minimum absolute atomic E-state index is 0.0911. The molecule has 0 bridgehead atoms. The molecule has 5 aliphatic rings. The summed E-state index contributed by atoms with van der Waals surface area (Å²) < 4.78 is 68.0. The van der Waals surface area contributed by atoms with E-state index >= 15 is 0 Å². The maximum Gasteiger partial charge on any atom is 0.374 e. The van der Waals surface area contributed by atoms with Crippen LogP contribution in [0.4, 0.5) is 8.78 Å². The predicted octanol–water partition coefficient (Wildman–Crippen LogP) is -3.12. The van der Waals surface area contributed by atoms with Crippen LogP contribution in [-0.2, 0) is 74.8 Å². The summed E-state index contributed by atoms with van der Waals surface area (Å²) in [6.45, 7) is 19.4. The fraction of sp³-hybridized carbons (Fsp3) is 0.627. The normalized spacial score (nSPS) is 26.5. The summed E-state index contributed by atoms with van der Waals surface area (Å²) in [5, 5.41) is 112. The third-order valence-electron chi connectivity index (χ3n) is 21.8. The molecule has 23 atom stereocenters. The minimum atomic E-state index is -3.54. The van der Waals surface area contributed by atoms with Gasteiger partial charge in [0, 0.05) is 62.1 Å². The van der Waals surface area contributed by atoms with E-state index in [4.69, 9.17) is 28.4 Å². The Labute approximate surface area is 766 Å². The molecule has 752 valence electrons. The van der Waals surface area contributed by atoms with Gasteiger partial charge in [-0.25, -0.2) is 28.8 Å². The summed E-state index contributed by atoms with van der Waals surface area (Å²) in [5.41, 5.74) is -9.45. The number of aliphatic hydroxyl groups excluding tert-OH is 11. The van der Waals surface area contributed by atoms with Crippen LogP contribution in [0.5, 0.6) is 0 Å². The Morgan fingerprint density at radius 3 is 0.836 bits per heavy atom. The monoisotopic (exact) mass is 2000 g/mol. The lowest BCUT2D eigenvalue weighted by Gasteiger charge is -2.20. The van der Waals surface area contributed by atoms with Gasteiger partial charge in [-0.2, -0.15) is 8.78 Å². The van der Waals surface area contributed by atoms with Crippen molar-refractivity contribution in [1.29, 1.82) is 0 Å². The molecule has 5 saturated heterocycles. The van der Waals surface area contributed by atoms with Gasteiger partial charge in [-0.05, 0) is 164 Å². The number of methoxy groups -OCH3 is 1. The third-order valence-corrected chi connectivity index (χ3v) is 29.1. The molecule has 51 heteroatoms. The molecule has 16 N–H and O–H groups in total. The van der Waals surface area contributed by atoms with E-state index < -0.39 is 267 Å². The highest BCUT2D eigenvalue weighted by atomic mass is 31.2. The van der Waals surface area contributed by atoms with Gasteiger partial charge in [-0.3, -0.25) is 95.7 Å². The molecule has 0 radical (unpaired) electrons. The number of aromatic amines is 5. The van der Waals surface area contributed by atoms with Gasteiger partial charge >= 0.3 is 40.8 Å². The first-order valence-corrected chi connectivity index (χ1v) is 57.3. The van der Waals surface area contributed by atoms with E-state index in [1.54, 1.807) is 0 Å². The SMILES string of the molecule is C=P(C)(C)CC[C@H]1O[C@@H](n2cc(C(O)C(C)=O)c(=O)[nH]c2=O)[C@H](O)[C@@H]1O.C=P(C)(C)CC[C@H]1O[C@@H](n2cc(C(O)C(C)=O)c(=O)[nH]c2=O)[C@H](O)[C@@H]1O.C=P(C)(C)CC[C@H]1O[C@@H](n2cc(C(OC(=O)C(F)F)C(C)=O)c(=O)[nH]c2=O)[C@H](O)[C@@H]1O.C=P(C)(C)CC[C@H]1O[C@@H](n2cc(CC(C)=O)c(=O)[nH]c2=O)[C@H](O)[C@@H]1O.C=P(C)(C)CC[C@H]1O[C@@H](n2cc(CC(C)=O)c(=O)[nH]c2=O)[C@H](OC)[C@@H]1O. The molecular formula is C83H127F2N10O34P5. The lowest BCUT2D eigenvalue weighted by atomic mass is 10.1. The first kappa shape index (κ1) is 115. The number of aliphatic hydroxyl groups is 11. The maximum absolute atomic E-state index is 12.5. The second-order valence-corrected chi connectivity index (χ2v) is 58.7. The molecule has 0 aliphatic carbocycles. The van der Waals surface area contributed by atoms with Crippen molar-refractivity contribution in [3.8, 4) is 0 Å². The van der Waals surface area contributed by atoms with Crippen LogP contribution in [0.1, 0.15) is 144 Å². The van der Waals surface area contributed by atoms with Crippen molar-refractivity contribution in [3.05, 3.63) is 163 Å². The van der Waals surface area contributed by atoms with Crippen LogP contribution in [0.3, 0.4) is 0 Å². The zero-order chi connectivity index (χ0) is 102. The standard InChI is InChI=1S/C18H25F2N2O8P.C17H27N2O6P.2C16H25N2O7P.C16H25N2O6P/c1-8(23)13(30-17(27)14(19)20)9-7-22(18(28)21-15(9)26)16-12(25)11(24)10(29-16)5-6-31(2,3)4;1-10(20)8-11-9-19(17(23)18-15(11)22)16-14(24-2)13(21)12(25-16)6-7-26(3,4)5;2*1-8(19)11(20)9-7-18(16(24)17-14(9)23)15-13(22)12(21)10(25-15)5-6-26(2,3)4;1-9(19)7-10-8-18(16(23)17-14(10)22)15-13(21)12(20)11(24-15)5-6-25(2,3)4/h7,10-14,16,24-25H,2,5-6H2,1,3-4H3,(H,21,26,28);9,12-14,16,21H,3,6-8H2,1-2,4-5H3,(H,18,22,23);2*7,10-13,15,20-22H,2,5-6H2,1,3-4H3,(H,17,23,24);8,11-13,15,20-21H,2,5-7H2,1,3-4H3,(H,17,22,23)/t10-,11-,12-,13?,16-;12-,13-,14-,16-;2*10-,11?,12-,13-,15-;11-,12-,13-,15-/m11111/s1. The van der Waals surface area contributed by atoms with Gasteiger partial charge in [0.2, 0.25) is 0 Å². The number of alkyl halides is 2. The quantitative estimate of drug-likeness (QED) is 0.0146. The van der Waals surface area contributed by atoms with Crippen LogP contribution in [0.15, 0.2) is 78.9 Å². The predicted molar refractivity (Wildman–Crippen MR) is 503 cm³/mol. The Bertz CT molecular complexity index is 5830. The summed E-state index contributed by atoms with van der Waals surface area (Å²) in [6.07, 6.45) is 1.02. The van der Waals surface area contributed by atoms with E-state index in [1.807, 2.05) is 54.9 Å². The van der Waals surface area contributed by atoms with Crippen molar-refractivity contribution in [2.24, 2.45) is 0 Å². The molecule has 0 amide bonds. The van der Waals surface area contributed by atoms with Crippen molar-refractivity contribution in [3.63, 3.8) is 0 Å². The summed E-state index contributed by atoms with van der Waals surface area (Å²) >= 11 is 0. The molecule has 5 aromatic rings. The highest BCUT2D eigenvalue weighted by molar-refractivity contribution is 7.73. The Hall–Kier alpha value is -8.10. The van der Waals surface area contributed by atoms with Crippen LogP contribution in [0.25, 0.3) is 0 Å². The number of rotatable bonds is 33. The lowest BCUT2D eigenvalue weighted by molar-refractivity contribution is -0.166. The lowest BCUT2D eigenvalue weighted by Crippen LogP contribution is -2.40. The summed E-state index contributed by atoms with van der Waals surface area (Å²) in [7, 11) is 1.43. The molecule has 134 heavy (non-hydrogen) atoms. The van der Waals surface area contributed by atoms with E-state index in [0.717, 1.165) is 77.7 Å². The van der Waals surface area contributed by atoms with Crippen LogP contribution < -0.4 is 56.2 Å². The Balaban J connectivity index is 0.000000258. The number of nitrogens with one attached hydrogen (secondary N) is 5. The van der Waals surface area contributed by atoms with E-state index in [0.29, 0.717) is 42.8 Å². The largest absolute Gasteiger partial charge is 0.445 e. The molecular weight excluding hydrogens is 1870 g/mol. The molecule has 3 unspecified atom stereocenters. The van der Waals surface area contributed by atoms with Crippen molar-refractivity contribution in [2.75, 3.05) is 105 Å². The highest BCUT2D eigenvalue weighted by Crippen LogP contribution is 2.45. The average Bonchev–Trinajstić information content (AvgIpc) is 1.68. The van der Waals surface area contributed by atoms with Crippen molar-refractivity contribution in [2.45, 2.75) is 227 Å². The van der Waals surface area contributed by atoms with Gasteiger partial charge in [-0.1, -0.05) is 0 Å². The van der Waals surface area contributed by atoms with Crippen molar-refractivity contribution >= 4 is 101 Å². The molecule has 5 fully saturated rings. The zero-order valence-electron chi connectivity index (χ0n) is 77.3. The van der Waals surface area contributed by atoms with Gasteiger partial charge < -0.3 is 89.3 Å². The van der Waals surface area contributed by atoms with Gasteiger partial charge in [0.25, 0.3) is 27.8 Å². The van der Waals surface area contributed by atoms with Gasteiger partial charge in [0.05, 0.1) is 47.2 Å². The van der Waals surface area contributed by atoms with E-state index in [1.165, 1.54) is 37.9 Å². The zero-order valence-corrected chi connectivity index (χ0v) is 81.8. The number of H-pyrrole nitrogens is 5. The average molecular weight is 2000 g/mol. The first-order chi connectivity index (χ1) is 61.6. The molecule has 5 aliphatic heterocycles. The van der Waals surface area contributed by atoms with Crippen LogP contribution >= 0.6 is 34.4 Å². The van der Waals surface area contributed by atoms with Crippen LogP contribution in [0, 0.1) is 0 Å². The minimum Gasteiger partial charge on any atom is -0.445 e. The number of carbonyl (C=O) groups excluding carboxylic acids is 6. The number of ketones is 5. The fourth-order valence-electron chi connectivity index (χ4n) is 14.4. The molecule has 5 aromatic heterocycles. The maximum atomic E-state index is 12.5. The first-order valence-electron chi connectivity index (χ1n) is 42.0. The molecule has 0 spiro atoms. The Morgan fingerprint density at radius 2 is 0.597 bits per heavy atom. The van der Waals surface area contributed by atoms with Crippen LogP contribution in [-0.4, -0.2) is 373 Å². The number of ether oxygens (including phenoxy) is 7. The number of aromatic nitrogens is 10. The van der Waals surface area contributed by atoms with Crippen molar-refractivity contribution < 1.29 is 127 Å².